The zero-order valence-corrected chi connectivity index (χ0v) is 11.6. The smallest absolute Gasteiger partial charge is 0.250 e. The van der Waals surface area contributed by atoms with Crippen LogP contribution in [-0.4, -0.2) is 20.0 Å². The highest BCUT2D eigenvalue weighted by Gasteiger charge is 2.17. The fourth-order valence-corrected chi connectivity index (χ4v) is 3.59. The standard InChI is InChI=1S/C8H11ClN2O2S3/c1-5(8(10)14)4-11-16(12,13)7-3-2-6(9)15-7/h2-3,5,11H,4H2,1H3,(H2,10,14). The topological polar surface area (TPSA) is 72.2 Å². The maximum atomic E-state index is 11.7. The molecule has 0 spiro atoms. The second-order valence-electron chi connectivity index (χ2n) is 3.21. The molecule has 16 heavy (non-hydrogen) atoms. The lowest BCUT2D eigenvalue weighted by molar-refractivity contribution is 0.577. The summed E-state index contributed by atoms with van der Waals surface area (Å²) in [5.41, 5.74) is 5.39. The van der Waals surface area contributed by atoms with Gasteiger partial charge in [-0.05, 0) is 12.1 Å². The predicted octanol–water partition coefficient (Wildman–Crippen LogP) is 1.60. The zero-order chi connectivity index (χ0) is 12.3. The Balaban J connectivity index is 2.70. The molecule has 1 unspecified atom stereocenters. The van der Waals surface area contributed by atoms with Gasteiger partial charge in [0, 0.05) is 12.5 Å². The van der Waals surface area contributed by atoms with Crippen molar-refractivity contribution in [3.8, 4) is 0 Å². The SMILES string of the molecule is CC(CNS(=O)(=O)c1ccc(Cl)s1)C(N)=S. The minimum atomic E-state index is -3.50. The Morgan fingerprint density at radius 3 is 2.75 bits per heavy atom. The molecule has 8 heteroatoms. The first-order valence-electron chi connectivity index (χ1n) is 4.37. The van der Waals surface area contributed by atoms with Gasteiger partial charge >= 0.3 is 0 Å². The molecule has 1 atom stereocenters. The molecule has 1 rings (SSSR count). The highest BCUT2D eigenvalue weighted by Crippen LogP contribution is 2.25. The van der Waals surface area contributed by atoms with E-state index in [9.17, 15) is 8.42 Å². The number of thiocarbonyl (C=S) groups is 1. The molecule has 0 aromatic carbocycles. The fourth-order valence-electron chi connectivity index (χ4n) is 0.849. The fraction of sp³-hybridized carbons (Fsp3) is 0.375. The van der Waals surface area contributed by atoms with E-state index < -0.39 is 10.0 Å². The summed E-state index contributed by atoms with van der Waals surface area (Å²) in [7, 11) is -3.50. The van der Waals surface area contributed by atoms with Crippen LogP contribution in [0.25, 0.3) is 0 Å². The Bertz CT molecular complexity index is 483. The summed E-state index contributed by atoms with van der Waals surface area (Å²) in [6.45, 7) is 1.94. The van der Waals surface area contributed by atoms with E-state index >= 15 is 0 Å². The third-order valence-electron chi connectivity index (χ3n) is 1.88. The minimum Gasteiger partial charge on any atom is -0.393 e. The number of hydrogen-bond acceptors (Lipinski definition) is 4. The maximum Gasteiger partial charge on any atom is 0.250 e. The Morgan fingerprint density at radius 2 is 2.31 bits per heavy atom. The number of nitrogens with two attached hydrogens (primary N) is 1. The van der Waals surface area contributed by atoms with Gasteiger partial charge in [0.1, 0.15) is 4.21 Å². The molecule has 1 aromatic rings. The number of hydrogen-bond donors (Lipinski definition) is 2. The van der Waals surface area contributed by atoms with Gasteiger partial charge < -0.3 is 5.73 Å². The number of nitrogens with one attached hydrogen (secondary N) is 1. The van der Waals surface area contributed by atoms with E-state index in [0.717, 1.165) is 11.3 Å². The number of halogens is 1. The molecule has 0 fully saturated rings. The van der Waals surface area contributed by atoms with Crippen LogP contribution in [0.3, 0.4) is 0 Å². The van der Waals surface area contributed by atoms with Crippen molar-refractivity contribution in [2.24, 2.45) is 11.7 Å². The Hall–Kier alpha value is -0.210. The summed E-state index contributed by atoms with van der Waals surface area (Å²) < 4.78 is 26.5. The lowest BCUT2D eigenvalue weighted by Crippen LogP contribution is -2.33. The van der Waals surface area contributed by atoms with Crippen LogP contribution in [0, 0.1) is 5.92 Å². The van der Waals surface area contributed by atoms with Crippen LogP contribution in [0.4, 0.5) is 0 Å². The van der Waals surface area contributed by atoms with Crippen molar-refractivity contribution < 1.29 is 8.42 Å². The summed E-state index contributed by atoms with van der Waals surface area (Å²) in [5.74, 6) is -0.180. The summed E-state index contributed by atoms with van der Waals surface area (Å²) >= 11 is 11.4. The van der Waals surface area contributed by atoms with Crippen molar-refractivity contribution in [2.45, 2.75) is 11.1 Å². The van der Waals surface area contributed by atoms with Gasteiger partial charge in [0.2, 0.25) is 10.0 Å². The van der Waals surface area contributed by atoms with Gasteiger partial charge in [-0.3, -0.25) is 0 Å². The maximum absolute atomic E-state index is 11.7. The number of sulfonamides is 1. The van der Waals surface area contributed by atoms with Crippen molar-refractivity contribution >= 4 is 50.2 Å². The molecule has 0 saturated carbocycles. The van der Waals surface area contributed by atoms with Gasteiger partial charge in [-0.25, -0.2) is 13.1 Å². The van der Waals surface area contributed by atoms with Crippen LogP contribution in [0.2, 0.25) is 4.34 Å². The van der Waals surface area contributed by atoms with E-state index in [1.165, 1.54) is 12.1 Å². The third kappa shape index (κ3) is 3.67. The van der Waals surface area contributed by atoms with Gasteiger partial charge in [0.25, 0.3) is 0 Å². The van der Waals surface area contributed by atoms with E-state index in [1.807, 2.05) is 0 Å². The zero-order valence-electron chi connectivity index (χ0n) is 8.44. The molecule has 4 nitrogen and oxygen atoms in total. The van der Waals surface area contributed by atoms with Crippen LogP contribution in [0.1, 0.15) is 6.92 Å². The minimum absolute atomic E-state index is 0.180. The predicted molar refractivity (Wildman–Crippen MR) is 70.5 cm³/mol. The second-order valence-corrected chi connectivity index (χ2v) is 7.39. The molecule has 0 radical (unpaired) electrons. The van der Waals surface area contributed by atoms with E-state index in [1.54, 1.807) is 6.92 Å². The quantitative estimate of drug-likeness (QED) is 0.810. The Kier molecular flexibility index (Phi) is 4.69. The Morgan fingerprint density at radius 1 is 1.69 bits per heavy atom. The highest BCUT2D eigenvalue weighted by atomic mass is 35.5. The van der Waals surface area contributed by atoms with E-state index in [4.69, 9.17) is 29.6 Å². The second kappa shape index (κ2) is 5.42. The molecule has 0 saturated heterocycles. The first-order valence-corrected chi connectivity index (χ1v) is 7.46. The molecular weight excluding hydrogens is 288 g/mol. The van der Waals surface area contributed by atoms with Gasteiger partial charge in [-0.1, -0.05) is 30.7 Å². The van der Waals surface area contributed by atoms with Gasteiger partial charge in [-0.2, -0.15) is 0 Å². The van der Waals surface area contributed by atoms with Gasteiger partial charge in [0.05, 0.1) is 9.32 Å². The summed E-state index contributed by atoms with van der Waals surface area (Å²) in [4.78, 5) is 0.284. The van der Waals surface area contributed by atoms with Crippen molar-refractivity contribution in [2.75, 3.05) is 6.54 Å². The lowest BCUT2D eigenvalue weighted by Gasteiger charge is -2.10. The van der Waals surface area contributed by atoms with Crippen molar-refractivity contribution in [3.63, 3.8) is 0 Å². The number of thiophene rings is 1. The first-order chi connectivity index (χ1) is 7.33. The van der Waals surface area contributed by atoms with E-state index in [2.05, 4.69) is 4.72 Å². The lowest BCUT2D eigenvalue weighted by atomic mass is 10.2. The van der Waals surface area contributed by atoms with Gasteiger partial charge in [-0.15, -0.1) is 11.3 Å². The molecular formula is C8H11ClN2O2S3. The van der Waals surface area contributed by atoms with Crippen LogP contribution in [0.15, 0.2) is 16.3 Å². The summed E-state index contributed by atoms with van der Waals surface area (Å²) in [6.07, 6.45) is 0. The molecule has 0 bridgehead atoms. The third-order valence-corrected chi connectivity index (χ3v) is 5.43. The molecule has 0 aliphatic carbocycles. The molecule has 90 valence electrons. The molecule has 0 aliphatic heterocycles. The van der Waals surface area contributed by atoms with E-state index in [0.29, 0.717) is 4.34 Å². The van der Waals surface area contributed by atoms with Crippen LogP contribution >= 0.6 is 35.2 Å². The van der Waals surface area contributed by atoms with Crippen molar-refractivity contribution in [1.82, 2.24) is 4.72 Å². The number of rotatable bonds is 5. The van der Waals surface area contributed by atoms with E-state index in [-0.39, 0.29) is 21.7 Å². The molecule has 1 aromatic heterocycles. The molecule has 0 amide bonds. The monoisotopic (exact) mass is 298 g/mol. The summed E-state index contributed by atoms with van der Waals surface area (Å²) in [6, 6.07) is 3.00. The highest BCUT2D eigenvalue weighted by molar-refractivity contribution is 7.91. The largest absolute Gasteiger partial charge is 0.393 e. The first kappa shape index (κ1) is 13.9. The molecule has 3 N–H and O–H groups in total. The van der Waals surface area contributed by atoms with Crippen LogP contribution in [0.5, 0.6) is 0 Å². The van der Waals surface area contributed by atoms with Crippen molar-refractivity contribution in [3.05, 3.63) is 16.5 Å². The van der Waals surface area contributed by atoms with Crippen LogP contribution < -0.4 is 10.5 Å². The van der Waals surface area contributed by atoms with Crippen LogP contribution in [-0.2, 0) is 10.0 Å². The normalized spacial score (nSPS) is 13.6. The van der Waals surface area contributed by atoms with Gasteiger partial charge in [0.15, 0.2) is 0 Å². The summed E-state index contributed by atoms with van der Waals surface area (Å²) in [5, 5.41) is 0. The molecule has 1 heterocycles. The average Bonchev–Trinajstić information content (AvgIpc) is 2.61. The molecule has 0 aliphatic rings. The Labute approximate surface area is 109 Å². The average molecular weight is 299 g/mol. The van der Waals surface area contributed by atoms with Crippen molar-refractivity contribution in [1.29, 1.82) is 0 Å².